The van der Waals surface area contributed by atoms with E-state index in [9.17, 15) is 0 Å². The molecular weight excluding hydrogens is 196 g/mol. The summed E-state index contributed by atoms with van der Waals surface area (Å²) >= 11 is 0. The minimum absolute atomic E-state index is 0.678. The highest BCUT2D eigenvalue weighted by atomic mass is 15.2. The van der Waals surface area contributed by atoms with Gasteiger partial charge < -0.3 is 5.32 Å². The second-order valence-electron chi connectivity index (χ2n) is 6.01. The molecule has 2 unspecified atom stereocenters. The first-order valence-corrected chi connectivity index (χ1v) is 7.16. The Balaban J connectivity index is 1.94. The first-order valence-electron chi connectivity index (χ1n) is 7.16. The molecule has 1 aliphatic heterocycles. The summed E-state index contributed by atoms with van der Waals surface area (Å²) in [5.41, 5.74) is 0.685. The van der Waals surface area contributed by atoms with Gasteiger partial charge in [0.15, 0.2) is 0 Å². The molecule has 2 rings (SSSR count). The topological polar surface area (TPSA) is 15.3 Å². The lowest BCUT2D eigenvalue weighted by Gasteiger charge is -2.49. The third kappa shape index (κ3) is 2.43. The SMILES string of the molecule is CCC1CNC(C)CN1CC1(CC)CCC1. The zero-order valence-electron chi connectivity index (χ0n) is 11.3. The summed E-state index contributed by atoms with van der Waals surface area (Å²) < 4.78 is 0. The van der Waals surface area contributed by atoms with E-state index in [4.69, 9.17) is 0 Å². The average Bonchev–Trinajstić information content (AvgIpc) is 2.24. The minimum atomic E-state index is 0.678. The first-order chi connectivity index (χ1) is 7.69. The molecule has 0 aromatic heterocycles. The maximum Gasteiger partial charge on any atom is 0.0219 e. The van der Waals surface area contributed by atoms with Gasteiger partial charge in [-0.25, -0.2) is 0 Å². The van der Waals surface area contributed by atoms with Gasteiger partial charge >= 0.3 is 0 Å². The molecule has 1 N–H and O–H groups in total. The number of hydrogen-bond donors (Lipinski definition) is 1. The Labute approximate surface area is 101 Å². The predicted molar refractivity (Wildman–Crippen MR) is 69.7 cm³/mol. The number of nitrogens with one attached hydrogen (secondary N) is 1. The Bertz CT molecular complexity index is 217. The molecule has 94 valence electrons. The van der Waals surface area contributed by atoms with Crippen LogP contribution < -0.4 is 5.32 Å². The van der Waals surface area contributed by atoms with Crippen molar-refractivity contribution in [1.29, 1.82) is 0 Å². The van der Waals surface area contributed by atoms with Crippen LogP contribution in [-0.2, 0) is 0 Å². The van der Waals surface area contributed by atoms with E-state index in [-0.39, 0.29) is 0 Å². The van der Waals surface area contributed by atoms with E-state index in [1.54, 1.807) is 0 Å². The fourth-order valence-corrected chi connectivity index (χ4v) is 3.36. The van der Waals surface area contributed by atoms with Crippen molar-refractivity contribution in [1.82, 2.24) is 10.2 Å². The summed E-state index contributed by atoms with van der Waals surface area (Å²) in [6.45, 7) is 10.8. The molecule has 1 saturated heterocycles. The molecule has 0 aromatic carbocycles. The second-order valence-corrected chi connectivity index (χ2v) is 6.01. The van der Waals surface area contributed by atoms with Crippen LogP contribution in [0.25, 0.3) is 0 Å². The van der Waals surface area contributed by atoms with Gasteiger partial charge in [0.05, 0.1) is 0 Å². The molecule has 1 aliphatic carbocycles. The quantitative estimate of drug-likeness (QED) is 0.790. The molecule has 2 heteroatoms. The molecule has 16 heavy (non-hydrogen) atoms. The molecule has 1 heterocycles. The van der Waals surface area contributed by atoms with E-state index in [0.717, 1.165) is 6.04 Å². The molecular formula is C14H28N2. The molecule has 0 amide bonds. The molecule has 2 fully saturated rings. The zero-order valence-corrected chi connectivity index (χ0v) is 11.3. The zero-order chi connectivity index (χ0) is 11.6. The molecule has 2 atom stereocenters. The molecule has 0 radical (unpaired) electrons. The smallest absolute Gasteiger partial charge is 0.0219 e. The Morgan fingerprint density at radius 3 is 2.56 bits per heavy atom. The molecule has 1 saturated carbocycles. The molecule has 0 aromatic rings. The van der Waals surface area contributed by atoms with Crippen LogP contribution in [0.5, 0.6) is 0 Å². The fraction of sp³-hybridized carbons (Fsp3) is 1.00. The fourth-order valence-electron chi connectivity index (χ4n) is 3.36. The third-order valence-corrected chi connectivity index (χ3v) is 4.90. The predicted octanol–water partition coefficient (Wildman–Crippen LogP) is 2.64. The van der Waals surface area contributed by atoms with Crippen LogP contribution in [-0.4, -0.2) is 36.6 Å². The van der Waals surface area contributed by atoms with Crippen LogP contribution in [0, 0.1) is 5.41 Å². The van der Waals surface area contributed by atoms with Crippen molar-refractivity contribution < 1.29 is 0 Å². The van der Waals surface area contributed by atoms with Crippen molar-refractivity contribution in [3.05, 3.63) is 0 Å². The van der Waals surface area contributed by atoms with Gasteiger partial charge in [0, 0.05) is 31.7 Å². The molecule has 0 spiro atoms. The van der Waals surface area contributed by atoms with Gasteiger partial charge in [-0.2, -0.15) is 0 Å². The highest BCUT2D eigenvalue weighted by molar-refractivity contribution is 4.93. The van der Waals surface area contributed by atoms with Crippen LogP contribution in [0.1, 0.15) is 52.9 Å². The Kier molecular flexibility index (Phi) is 3.91. The number of rotatable bonds is 4. The van der Waals surface area contributed by atoms with Gasteiger partial charge in [0.1, 0.15) is 0 Å². The van der Waals surface area contributed by atoms with Crippen LogP contribution in [0.3, 0.4) is 0 Å². The van der Waals surface area contributed by atoms with Gasteiger partial charge in [-0.05, 0) is 38.0 Å². The lowest BCUT2D eigenvalue weighted by atomic mass is 9.66. The second kappa shape index (κ2) is 5.05. The van der Waals surface area contributed by atoms with E-state index in [2.05, 4.69) is 31.0 Å². The van der Waals surface area contributed by atoms with Gasteiger partial charge in [-0.3, -0.25) is 4.90 Å². The summed E-state index contributed by atoms with van der Waals surface area (Å²) in [6.07, 6.45) is 7.07. The van der Waals surface area contributed by atoms with Crippen molar-refractivity contribution >= 4 is 0 Å². The largest absolute Gasteiger partial charge is 0.311 e. The van der Waals surface area contributed by atoms with E-state index < -0.39 is 0 Å². The third-order valence-electron chi connectivity index (χ3n) is 4.90. The summed E-state index contributed by atoms with van der Waals surface area (Å²) in [6, 6.07) is 1.46. The van der Waals surface area contributed by atoms with Crippen LogP contribution in [0.15, 0.2) is 0 Å². The van der Waals surface area contributed by atoms with Gasteiger partial charge in [-0.1, -0.05) is 20.3 Å². The standard InChI is InChI=1S/C14H28N2/c1-4-13-9-15-12(3)10-16(13)11-14(5-2)7-6-8-14/h12-13,15H,4-11H2,1-3H3. The Hall–Kier alpha value is -0.0800. The van der Waals surface area contributed by atoms with Gasteiger partial charge in [0.2, 0.25) is 0 Å². The van der Waals surface area contributed by atoms with E-state index in [1.165, 1.54) is 51.7 Å². The van der Waals surface area contributed by atoms with E-state index in [1.807, 2.05) is 0 Å². The molecule has 0 bridgehead atoms. The van der Waals surface area contributed by atoms with E-state index in [0.29, 0.717) is 11.5 Å². The van der Waals surface area contributed by atoms with Crippen molar-refractivity contribution in [2.24, 2.45) is 5.41 Å². The summed E-state index contributed by atoms with van der Waals surface area (Å²) in [4.78, 5) is 2.77. The lowest BCUT2D eigenvalue weighted by molar-refractivity contribution is 0.0216. The summed E-state index contributed by atoms with van der Waals surface area (Å²) in [5.74, 6) is 0. The van der Waals surface area contributed by atoms with Crippen molar-refractivity contribution in [2.75, 3.05) is 19.6 Å². The van der Waals surface area contributed by atoms with Gasteiger partial charge in [0.25, 0.3) is 0 Å². The summed E-state index contributed by atoms with van der Waals surface area (Å²) in [5, 5.41) is 3.61. The molecule has 2 nitrogen and oxygen atoms in total. The Morgan fingerprint density at radius 2 is 2.06 bits per heavy atom. The number of piperazine rings is 1. The first kappa shape index (κ1) is 12.4. The van der Waals surface area contributed by atoms with Gasteiger partial charge in [-0.15, -0.1) is 0 Å². The molecule has 2 aliphatic rings. The highest BCUT2D eigenvalue weighted by Crippen LogP contribution is 2.44. The van der Waals surface area contributed by atoms with Crippen LogP contribution in [0.4, 0.5) is 0 Å². The maximum absolute atomic E-state index is 3.61. The lowest BCUT2D eigenvalue weighted by Crippen LogP contribution is -2.58. The summed E-state index contributed by atoms with van der Waals surface area (Å²) in [7, 11) is 0. The average molecular weight is 224 g/mol. The monoisotopic (exact) mass is 224 g/mol. The number of hydrogen-bond acceptors (Lipinski definition) is 2. The van der Waals surface area contributed by atoms with E-state index >= 15 is 0 Å². The maximum atomic E-state index is 3.61. The normalized spacial score (nSPS) is 34.7. The minimum Gasteiger partial charge on any atom is -0.311 e. The van der Waals surface area contributed by atoms with Crippen molar-refractivity contribution in [3.63, 3.8) is 0 Å². The van der Waals surface area contributed by atoms with Crippen LogP contribution in [0.2, 0.25) is 0 Å². The number of nitrogens with zero attached hydrogens (tertiary/aromatic N) is 1. The Morgan fingerprint density at radius 1 is 1.31 bits per heavy atom. The van der Waals surface area contributed by atoms with Crippen molar-refractivity contribution in [2.45, 2.75) is 65.0 Å². The highest BCUT2D eigenvalue weighted by Gasteiger charge is 2.38. The van der Waals surface area contributed by atoms with Crippen LogP contribution >= 0.6 is 0 Å². The van der Waals surface area contributed by atoms with Crippen molar-refractivity contribution in [3.8, 4) is 0 Å².